The summed E-state index contributed by atoms with van der Waals surface area (Å²) in [5.74, 6) is -8.37. The van der Waals surface area contributed by atoms with Crippen LogP contribution in [-0.2, 0) is 39.7 Å². The molecule has 4 aliphatic heterocycles. The monoisotopic (exact) mass is 1190 g/mol. The molecule has 1 aromatic rings. The molecule has 83 heavy (non-hydrogen) atoms. The van der Waals surface area contributed by atoms with Crippen LogP contribution < -0.4 is 10.6 Å². The molecular weight excluding hydrogens is 1100 g/mol. The van der Waals surface area contributed by atoms with Crippen molar-refractivity contribution in [3.8, 4) is 0 Å². The van der Waals surface area contributed by atoms with E-state index in [2.05, 4.69) is 10.6 Å². The summed E-state index contributed by atoms with van der Waals surface area (Å²) >= 11 is 1.49. The Hall–Kier alpha value is -3.94. The number of amides is 1. The van der Waals surface area contributed by atoms with E-state index in [1.807, 2.05) is 30.5 Å². The Morgan fingerprint density at radius 3 is 1.96 bits per heavy atom. The zero-order valence-corrected chi connectivity index (χ0v) is 48.3. The van der Waals surface area contributed by atoms with Crippen molar-refractivity contribution in [1.29, 1.82) is 0 Å². The van der Waals surface area contributed by atoms with Gasteiger partial charge in [-0.15, -0.1) is 11.3 Å². The lowest BCUT2D eigenvalue weighted by molar-refractivity contribution is -0.323. The number of aliphatic hydroxyl groups excluding tert-OH is 12. The van der Waals surface area contributed by atoms with Gasteiger partial charge in [-0.25, -0.2) is 0 Å². The van der Waals surface area contributed by atoms with E-state index in [1.165, 1.54) is 24.3 Å². The third-order valence-electron chi connectivity index (χ3n) is 15.5. The maximum atomic E-state index is 14.1. The Morgan fingerprint density at radius 2 is 1.33 bits per heavy atom. The minimum Gasteiger partial charge on any atom is -0.462 e. The Labute approximate surface area is 488 Å². The Balaban J connectivity index is 1.42. The normalized spacial score (nSPS) is 41.1. The maximum absolute atomic E-state index is 14.1. The quantitative estimate of drug-likeness (QED) is 0.138. The molecule has 4 aliphatic rings. The van der Waals surface area contributed by atoms with Crippen LogP contribution in [0.4, 0.5) is 0 Å². The van der Waals surface area contributed by atoms with E-state index in [4.69, 9.17) is 23.7 Å². The van der Waals surface area contributed by atoms with Crippen LogP contribution in [0.3, 0.4) is 0 Å². The predicted octanol–water partition coefficient (Wildman–Crippen LogP) is -0.520. The molecule has 2 bridgehead atoms. The number of nitrogens with one attached hydrogen (secondary N) is 2. The molecule has 3 fully saturated rings. The molecule has 0 aromatic carbocycles. The molecule has 24 heteroatoms. The van der Waals surface area contributed by atoms with Crippen molar-refractivity contribution < 1.29 is 105 Å². The molecule has 0 radical (unpaired) electrons. The van der Waals surface area contributed by atoms with Crippen molar-refractivity contribution in [2.75, 3.05) is 19.7 Å². The van der Waals surface area contributed by atoms with Crippen molar-refractivity contribution in [3.05, 3.63) is 107 Å². The number of carbonyl (C=O) groups excluding carboxylic acids is 2. The van der Waals surface area contributed by atoms with Gasteiger partial charge in [0, 0.05) is 48.9 Å². The van der Waals surface area contributed by atoms with Gasteiger partial charge in [0.05, 0.1) is 98.7 Å². The van der Waals surface area contributed by atoms with E-state index in [0.29, 0.717) is 6.42 Å². The highest BCUT2D eigenvalue weighted by Gasteiger charge is 2.53. The second-order valence-corrected chi connectivity index (χ2v) is 23.4. The molecule has 1 aromatic heterocycles. The number of hydrogen-bond acceptors (Lipinski definition) is 23. The number of esters is 1. The Kier molecular flexibility index (Phi) is 28.5. The van der Waals surface area contributed by atoms with Crippen LogP contribution in [0.15, 0.2) is 103 Å². The fourth-order valence-corrected chi connectivity index (χ4v) is 11.1. The highest BCUT2D eigenvalue weighted by molar-refractivity contribution is 7.09. The largest absolute Gasteiger partial charge is 0.462 e. The number of thiophene rings is 1. The van der Waals surface area contributed by atoms with Gasteiger partial charge in [0.2, 0.25) is 11.7 Å². The standard InChI is InChI=1S/C59H90N2O21S/c1-34-18-15-13-11-9-7-5-6-8-10-12-14-16-19-41(81-57-54(73)50(52(71)37(4)80-57)61-33-59(77)55(74)53(72)46(68)32-78-59)29-47-49(56(75)60-24-23-42-20-17-25-83-42)45(67)31-58(76,82-47)30-40(64)27-44(66)43(65)22-21-38(62)26-39(63)28-48(69)79-36(3)35(2)51(34)70/h5-20,25,34-41,43-47,49-55,57,61-68,70-74,76-77H,21-24,26-33H2,1-4H3,(H,60,75)/t34-,35?,36-,37+,38+,39+,40-,41-,43+,44+,45-,46+,47?,49?,50-,51+,52+,53-,54-,55-,57?,58+,59+/m0/s1. The molecule has 1 amide bonds. The number of carbonyl (C=O) groups is 2. The molecular formula is C59H90N2O21S. The van der Waals surface area contributed by atoms with E-state index < -0.39 is 184 Å². The summed E-state index contributed by atoms with van der Waals surface area (Å²) in [5, 5.41) is 162. The molecule has 3 saturated heterocycles. The van der Waals surface area contributed by atoms with Gasteiger partial charge >= 0.3 is 5.97 Å². The van der Waals surface area contributed by atoms with Crippen LogP contribution in [0.5, 0.6) is 0 Å². The topological polar surface area (TPSA) is 388 Å². The van der Waals surface area contributed by atoms with Crippen LogP contribution in [0.1, 0.15) is 83.9 Å². The summed E-state index contributed by atoms with van der Waals surface area (Å²) in [6.45, 7) is 5.65. The Bertz CT molecular complexity index is 2320. The summed E-state index contributed by atoms with van der Waals surface area (Å²) in [4.78, 5) is 27.9. The number of hydrogen-bond donors (Lipinski definition) is 16. The van der Waals surface area contributed by atoms with Crippen LogP contribution in [-0.4, -0.2) is 225 Å². The lowest BCUT2D eigenvalue weighted by Crippen LogP contribution is -2.69. The molecule has 0 saturated carbocycles. The summed E-state index contributed by atoms with van der Waals surface area (Å²) < 4.78 is 29.5. The van der Waals surface area contributed by atoms with E-state index >= 15 is 0 Å². The zero-order chi connectivity index (χ0) is 61.0. The van der Waals surface area contributed by atoms with Gasteiger partial charge in [-0.1, -0.05) is 105 Å². The van der Waals surface area contributed by atoms with Crippen molar-refractivity contribution in [2.45, 2.75) is 207 Å². The molecule has 23 atom stereocenters. The minimum absolute atomic E-state index is 0.130. The lowest BCUT2D eigenvalue weighted by atomic mass is 9.82. The summed E-state index contributed by atoms with van der Waals surface area (Å²) in [7, 11) is 0. The summed E-state index contributed by atoms with van der Waals surface area (Å²) in [6, 6.07) is 2.42. The van der Waals surface area contributed by atoms with Crippen molar-refractivity contribution >= 4 is 23.2 Å². The van der Waals surface area contributed by atoms with Gasteiger partial charge in [-0.2, -0.15) is 0 Å². The fraction of sp³-hybridized carbons (Fsp3) is 0.661. The zero-order valence-electron chi connectivity index (χ0n) is 47.5. The molecule has 0 spiro atoms. The third kappa shape index (κ3) is 21.8. The smallest absolute Gasteiger partial charge is 0.308 e. The first-order valence-electron chi connectivity index (χ1n) is 28.5. The van der Waals surface area contributed by atoms with Gasteiger partial charge in [-0.05, 0) is 51.0 Å². The number of ether oxygens (including phenoxy) is 5. The van der Waals surface area contributed by atoms with Gasteiger partial charge in [0.15, 0.2) is 12.1 Å². The molecule has 16 N–H and O–H groups in total. The van der Waals surface area contributed by atoms with Crippen molar-refractivity contribution in [1.82, 2.24) is 10.6 Å². The second-order valence-electron chi connectivity index (χ2n) is 22.3. The van der Waals surface area contributed by atoms with Gasteiger partial charge in [0.25, 0.3) is 0 Å². The van der Waals surface area contributed by atoms with Crippen molar-refractivity contribution in [2.24, 2.45) is 17.8 Å². The first-order valence-corrected chi connectivity index (χ1v) is 29.3. The van der Waals surface area contributed by atoms with Gasteiger partial charge < -0.3 is 106 Å². The van der Waals surface area contributed by atoms with Crippen LogP contribution in [0.2, 0.25) is 0 Å². The maximum Gasteiger partial charge on any atom is 0.308 e. The van der Waals surface area contributed by atoms with E-state index in [9.17, 15) is 81.1 Å². The number of cyclic esters (lactones) is 1. The van der Waals surface area contributed by atoms with E-state index in [0.717, 1.165) is 4.88 Å². The van der Waals surface area contributed by atoms with E-state index in [1.54, 1.807) is 86.8 Å². The predicted molar refractivity (Wildman–Crippen MR) is 303 cm³/mol. The summed E-state index contributed by atoms with van der Waals surface area (Å²) in [5.41, 5.74) is 0. The minimum atomic E-state index is -2.47. The SMILES string of the molecule is CC1[C@H](C)OC(=O)C[C@H](O)C[C@H](O)CC[C@@H](O)[C@H](O)C[C@H](O)C[C@]2(O)C[C@H](O)C(C(=O)NCCc3cccs3)C(C[C@@H](OC3O[C@H](C)[C@@H](O)[C@H](NC[C@@]4(O)OC[C@@H](O)[C@H](O)[C@@H]4O)[C@@H]3O)C=CC=CC=CC=CC=CC=CC=C[C@H](C)[C@H]1O)O2. The highest BCUT2D eigenvalue weighted by atomic mass is 32.1. The van der Waals surface area contributed by atoms with Gasteiger partial charge in [0.1, 0.15) is 30.5 Å². The molecule has 5 rings (SSSR count). The summed E-state index contributed by atoms with van der Waals surface area (Å²) in [6.07, 6.45) is -2.57. The average molecular weight is 1200 g/mol. The van der Waals surface area contributed by atoms with E-state index in [-0.39, 0.29) is 38.1 Å². The van der Waals surface area contributed by atoms with Crippen LogP contribution in [0.25, 0.3) is 0 Å². The molecule has 468 valence electrons. The Morgan fingerprint density at radius 1 is 0.687 bits per heavy atom. The lowest BCUT2D eigenvalue weighted by Gasteiger charge is -2.47. The number of aliphatic hydroxyl groups is 14. The average Bonchev–Trinajstić information content (AvgIpc) is 4.12. The second kappa shape index (κ2) is 33.8. The molecule has 5 heterocycles. The molecule has 23 nitrogen and oxygen atoms in total. The number of allylic oxidation sites excluding steroid dienone is 12. The van der Waals surface area contributed by atoms with Gasteiger partial charge in [-0.3, -0.25) is 9.59 Å². The fourth-order valence-electron chi connectivity index (χ4n) is 10.4. The first kappa shape index (κ1) is 69.8. The first-order chi connectivity index (χ1) is 39.3. The number of fused-ring (bicyclic) bond motifs is 2. The molecule has 4 unspecified atom stereocenters. The molecule has 0 aliphatic carbocycles. The van der Waals surface area contributed by atoms with Crippen LogP contribution in [0, 0.1) is 17.8 Å². The van der Waals surface area contributed by atoms with Crippen LogP contribution >= 0.6 is 11.3 Å². The third-order valence-corrected chi connectivity index (χ3v) is 16.4. The van der Waals surface area contributed by atoms with Crippen molar-refractivity contribution in [3.63, 3.8) is 0 Å². The number of rotatable bonds is 9. The highest BCUT2D eigenvalue weighted by Crippen LogP contribution is 2.39.